The molecule has 0 aromatic rings. The molecule has 1 amide bonds. The molecule has 0 aromatic heterocycles. The second-order valence-electron chi connectivity index (χ2n) is 14.7. The molecule has 3 fully saturated rings. The molecule has 0 saturated carbocycles. The Labute approximate surface area is 274 Å². The van der Waals surface area contributed by atoms with Crippen molar-refractivity contribution >= 4 is 11.9 Å². The van der Waals surface area contributed by atoms with E-state index in [0.717, 1.165) is 0 Å². The van der Waals surface area contributed by atoms with Crippen LogP contribution in [0.25, 0.3) is 0 Å². The fourth-order valence-corrected chi connectivity index (χ4v) is 7.43. The van der Waals surface area contributed by atoms with Crippen molar-refractivity contribution in [2.24, 2.45) is 17.8 Å². The molecule has 3 unspecified atom stereocenters. The lowest BCUT2D eigenvalue weighted by atomic mass is 9.77. The van der Waals surface area contributed by atoms with E-state index in [9.17, 15) is 24.9 Å². The number of cyclic esters (lactones) is 1. The minimum atomic E-state index is -1.52. The molecular weight excluding hydrogens is 600 g/mol. The maximum absolute atomic E-state index is 13.5. The molecule has 3 saturated heterocycles. The molecule has 14 atom stereocenters. The summed E-state index contributed by atoms with van der Waals surface area (Å²) in [6, 6.07) is -0.248. The molecular formula is C33H60N2O11. The van der Waals surface area contributed by atoms with Crippen LogP contribution >= 0.6 is 0 Å². The molecule has 0 aliphatic carbocycles. The molecule has 3 aliphatic heterocycles. The summed E-state index contributed by atoms with van der Waals surface area (Å²) < 4.78 is 36.7. The van der Waals surface area contributed by atoms with Gasteiger partial charge in [0.25, 0.3) is 0 Å². The van der Waals surface area contributed by atoms with Gasteiger partial charge in [-0.05, 0) is 67.5 Å². The van der Waals surface area contributed by atoms with Crippen LogP contribution in [0.2, 0.25) is 0 Å². The number of ether oxygens (including phenoxy) is 6. The Balaban J connectivity index is 2.06. The first-order valence-electron chi connectivity index (χ1n) is 16.6. The Morgan fingerprint density at radius 1 is 1.00 bits per heavy atom. The summed E-state index contributed by atoms with van der Waals surface area (Å²) in [6.45, 7) is 12.8. The van der Waals surface area contributed by atoms with Crippen LogP contribution < -0.4 is 0 Å². The number of hydrogen-bond acceptors (Lipinski definition) is 12. The van der Waals surface area contributed by atoms with Gasteiger partial charge in [-0.3, -0.25) is 9.59 Å². The number of carbonyl (C=O) groups is 2. The molecule has 3 N–H and O–H groups in total. The summed E-state index contributed by atoms with van der Waals surface area (Å²) in [5.74, 6) is -2.44. The third-order valence-corrected chi connectivity index (χ3v) is 10.1. The molecule has 0 radical (unpaired) electrons. The maximum Gasteiger partial charge on any atom is 0.311 e. The van der Waals surface area contributed by atoms with E-state index in [1.807, 2.05) is 39.8 Å². The quantitative estimate of drug-likeness (QED) is 0.354. The van der Waals surface area contributed by atoms with Gasteiger partial charge < -0.3 is 53.5 Å². The largest absolute Gasteiger partial charge is 0.465 e. The number of esters is 1. The Hall–Kier alpha value is -1.42. The highest BCUT2D eigenvalue weighted by Crippen LogP contribution is 2.39. The number of amides is 1. The van der Waals surface area contributed by atoms with Crippen LogP contribution in [0, 0.1) is 17.8 Å². The fraction of sp³-hybridized carbons (Fsp3) is 0.939. The Morgan fingerprint density at radius 2 is 1.65 bits per heavy atom. The number of rotatable bonds is 6. The second-order valence-corrected chi connectivity index (χ2v) is 14.7. The first-order chi connectivity index (χ1) is 21.3. The van der Waals surface area contributed by atoms with E-state index in [0.29, 0.717) is 13.0 Å². The number of hydrogen-bond donors (Lipinski definition) is 3. The van der Waals surface area contributed by atoms with Gasteiger partial charge in [0.15, 0.2) is 12.6 Å². The standard InChI is InChI=1S/C33H60N2O11/c1-18-15-32(6,40)29(46-31-26(37)23(34(8)9)14-19(2)43-31)20(3)27(21(4)30(39)42-13-12-24(36)35(10)17-18)45-25-16-33(7,41-11)28(38)22(5)44-25/h18-23,25-29,31,37-38,40H,12-17H2,1-11H3/t18-,19-,20+,21?,22+,23+,25+,26-,27?,28+,29-,31?,32-,33-/m1/s1. The van der Waals surface area contributed by atoms with Crippen LogP contribution in [0.5, 0.6) is 0 Å². The Bertz CT molecular complexity index is 1010. The van der Waals surface area contributed by atoms with Gasteiger partial charge in [-0.2, -0.15) is 0 Å². The Kier molecular flexibility index (Phi) is 13.5. The zero-order chi connectivity index (χ0) is 34.7. The highest BCUT2D eigenvalue weighted by atomic mass is 16.7. The second kappa shape index (κ2) is 15.9. The van der Waals surface area contributed by atoms with Gasteiger partial charge in [-0.25, -0.2) is 0 Å². The number of likely N-dealkylation sites (N-methyl/N-ethyl adjacent to an activating group) is 1. The topological polar surface area (TPSA) is 157 Å². The number of aliphatic hydroxyl groups excluding tert-OH is 2. The highest BCUT2D eigenvalue weighted by molar-refractivity contribution is 5.77. The molecule has 268 valence electrons. The van der Waals surface area contributed by atoms with E-state index < -0.39 is 72.1 Å². The number of methoxy groups -OCH3 is 1. The minimum absolute atomic E-state index is 0.0281. The van der Waals surface area contributed by atoms with Crippen molar-refractivity contribution in [2.45, 2.75) is 141 Å². The maximum atomic E-state index is 13.5. The number of aliphatic hydroxyl groups is 3. The Morgan fingerprint density at radius 3 is 2.26 bits per heavy atom. The zero-order valence-electron chi connectivity index (χ0n) is 29.7. The summed E-state index contributed by atoms with van der Waals surface area (Å²) >= 11 is 0. The molecule has 3 rings (SSSR count). The molecule has 13 heteroatoms. The molecule has 0 bridgehead atoms. The van der Waals surface area contributed by atoms with Crippen molar-refractivity contribution in [1.82, 2.24) is 9.80 Å². The van der Waals surface area contributed by atoms with Crippen molar-refractivity contribution in [1.29, 1.82) is 0 Å². The third-order valence-electron chi connectivity index (χ3n) is 10.1. The predicted octanol–water partition coefficient (Wildman–Crippen LogP) is 1.54. The van der Waals surface area contributed by atoms with E-state index in [2.05, 4.69) is 0 Å². The number of nitrogens with zero attached hydrogens (tertiary/aromatic N) is 2. The van der Waals surface area contributed by atoms with Crippen LogP contribution in [-0.2, 0) is 38.0 Å². The van der Waals surface area contributed by atoms with Crippen molar-refractivity contribution in [3.8, 4) is 0 Å². The van der Waals surface area contributed by atoms with Crippen molar-refractivity contribution in [3.63, 3.8) is 0 Å². The summed E-state index contributed by atoms with van der Waals surface area (Å²) in [6.07, 6.45) is -5.62. The van der Waals surface area contributed by atoms with Gasteiger partial charge in [0.2, 0.25) is 5.91 Å². The molecule has 0 aromatic carbocycles. The van der Waals surface area contributed by atoms with Crippen LogP contribution in [-0.4, -0.2) is 145 Å². The number of carbonyl (C=O) groups excluding carboxylic acids is 2. The van der Waals surface area contributed by atoms with Crippen molar-refractivity contribution in [3.05, 3.63) is 0 Å². The van der Waals surface area contributed by atoms with E-state index in [-0.39, 0.29) is 49.8 Å². The van der Waals surface area contributed by atoms with Gasteiger partial charge in [0.1, 0.15) is 18.8 Å². The van der Waals surface area contributed by atoms with Gasteiger partial charge in [-0.1, -0.05) is 13.8 Å². The van der Waals surface area contributed by atoms with Gasteiger partial charge in [0.05, 0.1) is 48.0 Å². The van der Waals surface area contributed by atoms with E-state index in [4.69, 9.17) is 28.4 Å². The normalized spacial score (nSPS) is 45.8. The van der Waals surface area contributed by atoms with Crippen LogP contribution in [0.3, 0.4) is 0 Å². The van der Waals surface area contributed by atoms with Gasteiger partial charge in [0, 0.05) is 39.1 Å². The average molecular weight is 661 g/mol. The lowest BCUT2D eigenvalue weighted by Crippen LogP contribution is -2.60. The molecule has 3 aliphatic rings. The van der Waals surface area contributed by atoms with Crippen molar-refractivity contribution in [2.75, 3.05) is 41.4 Å². The predicted molar refractivity (Wildman–Crippen MR) is 168 cm³/mol. The van der Waals surface area contributed by atoms with Crippen molar-refractivity contribution < 1.29 is 53.3 Å². The minimum Gasteiger partial charge on any atom is -0.465 e. The van der Waals surface area contributed by atoms with E-state index >= 15 is 0 Å². The zero-order valence-corrected chi connectivity index (χ0v) is 29.7. The smallest absolute Gasteiger partial charge is 0.311 e. The first kappa shape index (κ1) is 39.0. The third kappa shape index (κ3) is 9.17. The average Bonchev–Trinajstić information content (AvgIpc) is 2.96. The van der Waals surface area contributed by atoms with E-state index in [1.54, 1.807) is 39.6 Å². The molecule has 46 heavy (non-hydrogen) atoms. The van der Waals surface area contributed by atoms with E-state index in [1.165, 1.54) is 7.11 Å². The fourth-order valence-electron chi connectivity index (χ4n) is 7.43. The monoisotopic (exact) mass is 660 g/mol. The highest BCUT2D eigenvalue weighted by Gasteiger charge is 2.51. The lowest BCUT2D eigenvalue weighted by Gasteiger charge is -2.48. The van der Waals surface area contributed by atoms with Crippen LogP contribution in [0.15, 0.2) is 0 Å². The van der Waals surface area contributed by atoms with Gasteiger partial charge in [-0.15, -0.1) is 0 Å². The molecule has 0 spiro atoms. The summed E-state index contributed by atoms with van der Waals surface area (Å²) in [5, 5.41) is 34.4. The van der Waals surface area contributed by atoms with Crippen LogP contribution in [0.4, 0.5) is 0 Å². The summed E-state index contributed by atoms with van der Waals surface area (Å²) in [7, 11) is 6.97. The first-order valence-corrected chi connectivity index (χ1v) is 16.6. The molecule has 13 nitrogen and oxygen atoms in total. The molecule has 3 heterocycles. The lowest BCUT2D eigenvalue weighted by molar-refractivity contribution is -0.317. The van der Waals surface area contributed by atoms with Gasteiger partial charge >= 0.3 is 5.97 Å². The summed E-state index contributed by atoms with van der Waals surface area (Å²) in [5.41, 5.74) is -2.50. The van der Waals surface area contributed by atoms with Crippen LogP contribution in [0.1, 0.15) is 74.1 Å². The SMILES string of the molecule is CO[C@]1(C)C[C@H](OC2C(C)C(=O)OCCC(=O)N(C)C[C@H](C)C[C@@](C)(O)[C@H](OC3O[C@H](C)C[C@H](N(C)C)[C@H]3O)[C@H]2C)O[C@@H](C)[C@@H]1O. The summed E-state index contributed by atoms with van der Waals surface area (Å²) in [4.78, 5) is 29.8.